The summed E-state index contributed by atoms with van der Waals surface area (Å²) in [5.41, 5.74) is -4.57. The summed E-state index contributed by atoms with van der Waals surface area (Å²) in [6.45, 7) is 0. The van der Waals surface area contributed by atoms with Gasteiger partial charge in [0.1, 0.15) is 0 Å². The SMILES string of the molecule is O=[N+]([O-])c1ccc(Br)cc1OC(F)(F)Cl. The van der Waals surface area contributed by atoms with Gasteiger partial charge in [0.25, 0.3) is 0 Å². The Kier molecular flexibility index (Phi) is 3.46. The third-order valence-corrected chi connectivity index (χ3v) is 1.91. The summed E-state index contributed by atoms with van der Waals surface area (Å²) in [4.78, 5) is 9.60. The maximum Gasteiger partial charge on any atom is 0.487 e. The third-order valence-electron chi connectivity index (χ3n) is 1.34. The lowest BCUT2D eigenvalue weighted by molar-refractivity contribution is -0.386. The van der Waals surface area contributed by atoms with Crippen LogP contribution in [0.2, 0.25) is 0 Å². The molecule has 1 aromatic rings. The van der Waals surface area contributed by atoms with Gasteiger partial charge in [-0.15, -0.1) is 8.78 Å². The average Bonchev–Trinajstić information content (AvgIpc) is 1.99. The molecule has 0 atom stereocenters. The Balaban J connectivity index is 3.13. The van der Waals surface area contributed by atoms with E-state index in [1.165, 1.54) is 6.07 Å². The first kappa shape index (κ1) is 12.1. The van der Waals surface area contributed by atoms with Gasteiger partial charge in [0, 0.05) is 28.2 Å². The molecule has 0 N–H and O–H groups in total. The number of nitrogens with zero attached hydrogens (tertiary/aromatic N) is 1. The number of benzene rings is 1. The number of rotatable bonds is 3. The molecule has 1 aromatic carbocycles. The third kappa shape index (κ3) is 3.60. The highest BCUT2D eigenvalue weighted by atomic mass is 79.9. The van der Waals surface area contributed by atoms with Gasteiger partial charge in [0.2, 0.25) is 5.75 Å². The summed E-state index contributed by atoms with van der Waals surface area (Å²) in [7, 11) is 0. The van der Waals surface area contributed by atoms with Gasteiger partial charge in [-0.2, -0.15) is 0 Å². The van der Waals surface area contributed by atoms with Crippen LogP contribution in [-0.2, 0) is 0 Å². The fraction of sp³-hybridized carbons (Fsp3) is 0.143. The zero-order valence-corrected chi connectivity index (χ0v) is 9.26. The Morgan fingerprint density at radius 1 is 1.53 bits per heavy atom. The molecule has 15 heavy (non-hydrogen) atoms. The van der Waals surface area contributed by atoms with E-state index in [0.29, 0.717) is 4.47 Å². The molecule has 0 spiro atoms. The van der Waals surface area contributed by atoms with Gasteiger partial charge in [-0.3, -0.25) is 10.1 Å². The van der Waals surface area contributed by atoms with E-state index < -0.39 is 21.9 Å². The van der Waals surface area contributed by atoms with E-state index in [1.807, 2.05) is 0 Å². The molecule has 0 saturated carbocycles. The second-order valence-corrected chi connectivity index (χ2v) is 3.77. The maximum absolute atomic E-state index is 12.3. The molecular weight excluding hydrogens is 299 g/mol. The summed E-state index contributed by atoms with van der Waals surface area (Å²) in [5, 5.41) is 10.4. The highest BCUT2D eigenvalue weighted by molar-refractivity contribution is 9.10. The van der Waals surface area contributed by atoms with Gasteiger partial charge >= 0.3 is 11.3 Å². The fourth-order valence-electron chi connectivity index (χ4n) is 0.845. The quantitative estimate of drug-likeness (QED) is 0.487. The number of hydrogen-bond donors (Lipinski definition) is 0. The molecule has 0 unspecified atom stereocenters. The van der Waals surface area contributed by atoms with Crippen LogP contribution < -0.4 is 4.74 Å². The molecule has 0 heterocycles. The van der Waals surface area contributed by atoms with Gasteiger partial charge in [-0.05, 0) is 6.07 Å². The Hall–Kier alpha value is -0.950. The summed E-state index contributed by atoms with van der Waals surface area (Å²) >= 11 is 7.47. The van der Waals surface area contributed by atoms with Crippen molar-refractivity contribution in [3.8, 4) is 5.75 Å². The molecule has 8 heteroatoms. The van der Waals surface area contributed by atoms with E-state index in [9.17, 15) is 18.9 Å². The molecule has 0 aromatic heterocycles. The Bertz CT molecular complexity index is 396. The standard InChI is InChI=1S/C7H3BrClF2NO3/c8-4-1-2-5(12(13)14)6(3-4)15-7(9,10)11/h1-3H. The summed E-state index contributed by atoms with van der Waals surface area (Å²) in [6.07, 6.45) is 0. The predicted molar refractivity (Wildman–Crippen MR) is 52.2 cm³/mol. The second kappa shape index (κ2) is 4.28. The lowest BCUT2D eigenvalue weighted by Crippen LogP contribution is -2.16. The molecule has 0 saturated heterocycles. The van der Waals surface area contributed by atoms with Gasteiger partial charge in [0.05, 0.1) is 4.92 Å². The normalized spacial score (nSPS) is 11.2. The lowest BCUT2D eigenvalue weighted by Gasteiger charge is -2.10. The molecule has 82 valence electrons. The zero-order valence-electron chi connectivity index (χ0n) is 6.92. The first-order chi connectivity index (χ1) is 6.79. The first-order valence-corrected chi connectivity index (χ1v) is 4.66. The molecule has 0 aliphatic carbocycles. The monoisotopic (exact) mass is 301 g/mol. The van der Waals surface area contributed by atoms with Crippen LogP contribution in [0, 0.1) is 10.1 Å². The van der Waals surface area contributed by atoms with Crippen LogP contribution in [0.3, 0.4) is 0 Å². The number of ether oxygens (including phenoxy) is 1. The van der Waals surface area contributed by atoms with Gasteiger partial charge < -0.3 is 4.74 Å². The van der Waals surface area contributed by atoms with Crippen LogP contribution in [0.1, 0.15) is 0 Å². The molecule has 0 bridgehead atoms. The number of nitro groups is 1. The van der Waals surface area contributed by atoms with E-state index in [4.69, 9.17) is 0 Å². The zero-order chi connectivity index (χ0) is 11.6. The van der Waals surface area contributed by atoms with Crippen molar-refractivity contribution in [2.24, 2.45) is 0 Å². The first-order valence-electron chi connectivity index (χ1n) is 3.49. The van der Waals surface area contributed by atoms with Crippen molar-refractivity contribution in [1.82, 2.24) is 0 Å². The number of nitro benzene ring substituents is 1. The smallest absolute Gasteiger partial charge is 0.413 e. The Labute approximate surface area is 96.1 Å². The number of halogens is 4. The van der Waals surface area contributed by atoms with Crippen molar-refractivity contribution in [2.45, 2.75) is 5.57 Å². The highest BCUT2D eigenvalue weighted by Crippen LogP contribution is 2.34. The largest absolute Gasteiger partial charge is 0.487 e. The van der Waals surface area contributed by atoms with Crippen LogP contribution in [0.5, 0.6) is 5.75 Å². The van der Waals surface area contributed by atoms with E-state index in [-0.39, 0.29) is 0 Å². The molecule has 0 aliphatic heterocycles. The van der Waals surface area contributed by atoms with Crippen LogP contribution >= 0.6 is 27.5 Å². The fourth-order valence-corrected chi connectivity index (χ4v) is 1.27. The van der Waals surface area contributed by atoms with Crippen molar-refractivity contribution >= 4 is 33.2 Å². The second-order valence-electron chi connectivity index (χ2n) is 2.42. The van der Waals surface area contributed by atoms with Gasteiger partial charge in [0.15, 0.2) is 0 Å². The highest BCUT2D eigenvalue weighted by Gasteiger charge is 2.31. The average molecular weight is 302 g/mol. The molecule has 4 nitrogen and oxygen atoms in total. The van der Waals surface area contributed by atoms with Crippen LogP contribution in [0.15, 0.2) is 22.7 Å². The number of hydrogen-bond acceptors (Lipinski definition) is 3. The molecule has 0 fully saturated rings. The van der Waals surface area contributed by atoms with Gasteiger partial charge in [-0.25, -0.2) is 0 Å². The number of alkyl halides is 3. The molecule has 0 radical (unpaired) electrons. The van der Waals surface area contributed by atoms with Crippen molar-refractivity contribution in [2.75, 3.05) is 0 Å². The summed E-state index contributed by atoms with van der Waals surface area (Å²) < 4.78 is 28.9. The Morgan fingerprint density at radius 2 is 2.13 bits per heavy atom. The molecule has 0 aliphatic rings. The molecular formula is C7H3BrClF2NO3. The summed E-state index contributed by atoms with van der Waals surface area (Å²) in [5.74, 6) is -0.602. The maximum atomic E-state index is 12.3. The minimum absolute atomic E-state index is 0.365. The van der Waals surface area contributed by atoms with E-state index in [0.717, 1.165) is 12.1 Å². The van der Waals surface area contributed by atoms with Crippen molar-refractivity contribution in [3.05, 3.63) is 32.8 Å². The van der Waals surface area contributed by atoms with E-state index in [1.54, 1.807) is 0 Å². The Morgan fingerprint density at radius 3 is 2.60 bits per heavy atom. The van der Waals surface area contributed by atoms with E-state index >= 15 is 0 Å². The summed E-state index contributed by atoms with van der Waals surface area (Å²) in [6, 6.07) is 3.40. The van der Waals surface area contributed by atoms with Crippen molar-refractivity contribution < 1.29 is 18.4 Å². The molecule has 1 rings (SSSR count). The van der Waals surface area contributed by atoms with Crippen molar-refractivity contribution in [1.29, 1.82) is 0 Å². The van der Waals surface area contributed by atoms with Crippen LogP contribution in [-0.4, -0.2) is 10.5 Å². The minimum Gasteiger partial charge on any atom is -0.413 e. The minimum atomic E-state index is -3.98. The van der Waals surface area contributed by atoms with Gasteiger partial charge in [-0.1, -0.05) is 15.9 Å². The molecule has 0 amide bonds. The predicted octanol–water partition coefficient (Wildman–Crippen LogP) is 3.53. The van der Waals surface area contributed by atoms with Crippen LogP contribution in [0.4, 0.5) is 14.5 Å². The van der Waals surface area contributed by atoms with Crippen LogP contribution in [0.25, 0.3) is 0 Å². The lowest BCUT2D eigenvalue weighted by atomic mass is 10.3. The van der Waals surface area contributed by atoms with E-state index in [2.05, 4.69) is 32.3 Å². The topological polar surface area (TPSA) is 52.4 Å². The van der Waals surface area contributed by atoms with Crippen molar-refractivity contribution in [3.63, 3.8) is 0 Å².